The molecule has 0 bridgehead atoms. The zero-order valence-electron chi connectivity index (χ0n) is 11.0. The van der Waals surface area contributed by atoms with Crippen LogP contribution in [0.1, 0.15) is 5.69 Å². The number of nitro groups is 1. The summed E-state index contributed by atoms with van der Waals surface area (Å²) in [6.07, 6.45) is 1.64. The highest BCUT2D eigenvalue weighted by Crippen LogP contribution is 2.25. The Balaban J connectivity index is 0.000000980. The molecular formula is C9H9Cl2N5O5S. The Labute approximate surface area is 136 Å². The lowest BCUT2D eigenvalue weighted by molar-refractivity contribution is -0.385. The van der Waals surface area contributed by atoms with E-state index >= 15 is 0 Å². The summed E-state index contributed by atoms with van der Waals surface area (Å²) in [5, 5.41) is 12.0. The van der Waals surface area contributed by atoms with Gasteiger partial charge in [0.1, 0.15) is 5.69 Å². The van der Waals surface area contributed by atoms with Crippen molar-refractivity contribution in [2.45, 2.75) is 6.92 Å². The lowest BCUT2D eigenvalue weighted by Gasteiger charge is -2.02. The Morgan fingerprint density at radius 3 is 2.45 bits per heavy atom. The van der Waals surface area contributed by atoms with Crippen LogP contribution >= 0.6 is 23.2 Å². The number of urea groups is 1. The zero-order chi connectivity index (χ0) is 17.3. The molecule has 1 N–H and O–H groups in total. The third-order valence-corrected chi connectivity index (χ3v) is 2.48. The Morgan fingerprint density at radius 2 is 2.09 bits per heavy atom. The number of alkyl halides is 1. The quantitative estimate of drug-likeness (QED) is 0.283. The van der Waals surface area contributed by atoms with Gasteiger partial charge in [-0.25, -0.2) is 9.78 Å². The van der Waals surface area contributed by atoms with E-state index in [1.165, 1.54) is 6.92 Å². The van der Waals surface area contributed by atoms with E-state index in [-0.39, 0.29) is 11.6 Å². The van der Waals surface area contributed by atoms with Crippen molar-refractivity contribution >= 4 is 51.4 Å². The van der Waals surface area contributed by atoms with Gasteiger partial charge in [-0.2, -0.15) is 13.4 Å². The van der Waals surface area contributed by atoms with Gasteiger partial charge in [-0.1, -0.05) is 22.0 Å². The van der Waals surface area contributed by atoms with E-state index in [0.717, 1.165) is 0 Å². The van der Waals surface area contributed by atoms with Gasteiger partial charge in [0.2, 0.25) is 11.1 Å². The SMILES string of the molecule is C=CCCl.Cc1nc(NC(=O)N=S(=O)=O)nc(Cl)c1[N+](=O)[O-]. The Bertz CT molecular complexity index is 690. The molecule has 0 unspecified atom stereocenters. The highest BCUT2D eigenvalue weighted by atomic mass is 35.5. The average Bonchev–Trinajstić information content (AvgIpc) is 2.36. The second-order valence-corrected chi connectivity index (χ2v) is 4.49. The molecule has 0 aliphatic carbocycles. The van der Waals surface area contributed by atoms with E-state index < -0.39 is 32.3 Å². The van der Waals surface area contributed by atoms with Crippen LogP contribution in [-0.4, -0.2) is 35.2 Å². The summed E-state index contributed by atoms with van der Waals surface area (Å²) in [5.74, 6) is 0.169. The normalized spacial score (nSPS) is 9.05. The molecule has 0 fully saturated rings. The first-order valence-electron chi connectivity index (χ1n) is 5.20. The predicted molar refractivity (Wildman–Crippen MR) is 79.7 cm³/mol. The summed E-state index contributed by atoms with van der Waals surface area (Å²) in [6, 6.07) is -1.24. The number of hydrogen-bond acceptors (Lipinski definition) is 7. The van der Waals surface area contributed by atoms with Crippen molar-refractivity contribution in [3.8, 4) is 0 Å². The minimum atomic E-state index is -2.93. The maximum Gasteiger partial charge on any atom is 0.362 e. The van der Waals surface area contributed by atoms with Crippen molar-refractivity contribution in [2.75, 3.05) is 11.2 Å². The van der Waals surface area contributed by atoms with Crippen LogP contribution in [0.4, 0.5) is 16.4 Å². The topological polar surface area (TPSA) is 145 Å². The summed E-state index contributed by atoms with van der Waals surface area (Å²) < 4.78 is 22.8. The fraction of sp³-hybridized carbons (Fsp3) is 0.222. The average molecular weight is 370 g/mol. The number of rotatable bonds is 3. The first-order chi connectivity index (χ1) is 10.2. The number of aromatic nitrogens is 2. The van der Waals surface area contributed by atoms with Crippen LogP contribution in [0.2, 0.25) is 5.15 Å². The number of aryl methyl sites for hydroxylation is 1. The fourth-order valence-electron chi connectivity index (χ4n) is 0.982. The van der Waals surface area contributed by atoms with E-state index in [9.17, 15) is 23.3 Å². The van der Waals surface area contributed by atoms with Gasteiger partial charge >= 0.3 is 22.2 Å². The second-order valence-electron chi connectivity index (χ2n) is 3.21. The molecule has 0 saturated carbocycles. The Hall–Kier alpha value is -2.11. The van der Waals surface area contributed by atoms with Crippen molar-refractivity contribution in [3.05, 3.63) is 33.6 Å². The zero-order valence-corrected chi connectivity index (χ0v) is 13.3. The number of carbonyl (C=O) groups excluding carboxylic acids is 1. The summed E-state index contributed by atoms with van der Waals surface area (Å²) in [6.45, 7) is 4.63. The molecule has 13 heteroatoms. The van der Waals surface area contributed by atoms with Gasteiger partial charge in [-0.15, -0.1) is 18.2 Å². The molecule has 10 nitrogen and oxygen atoms in total. The second kappa shape index (κ2) is 9.76. The van der Waals surface area contributed by atoms with Crippen molar-refractivity contribution in [2.24, 2.45) is 4.36 Å². The summed E-state index contributed by atoms with van der Waals surface area (Å²) in [5.41, 5.74) is -0.586. The standard InChI is InChI=1S/C6H4ClN5O5S.C3H5Cl/c1-2-3(12(14)15)4(7)9-5(8-2)10-6(13)11-18(16)17;1-2-3-4/h1H3,(H,8,9,10,13);2H,1,3H2. The monoisotopic (exact) mass is 369 g/mol. The molecule has 2 amide bonds. The maximum absolute atomic E-state index is 10.9. The molecule has 0 spiro atoms. The third kappa shape index (κ3) is 7.06. The number of allylic oxidation sites excluding steroid dienone is 1. The molecule has 0 aliphatic heterocycles. The smallest absolute Gasteiger partial charge is 0.273 e. The van der Waals surface area contributed by atoms with Crippen LogP contribution < -0.4 is 5.32 Å². The van der Waals surface area contributed by atoms with Crippen LogP contribution in [0.5, 0.6) is 0 Å². The van der Waals surface area contributed by atoms with Crippen LogP contribution in [-0.2, 0) is 10.5 Å². The predicted octanol–water partition coefficient (Wildman–Crippen LogP) is 2.35. The Kier molecular flexibility index (Phi) is 8.82. The van der Waals surface area contributed by atoms with Crippen LogP contribution in [0.15, 0.2) is 17.0 Å². The molecule has 1 rings (SSSR count). The maximum atomic E-state index is 10.9. The van der Waals surface area contributed by atoms with Crippen LogP contribution in [0.25, 0.3) is 0 Å². The van der Waals surface area contributed by atoms with Gasteiger partial charge in [0.25, 0.3) is 0 Å². The minimum absolute atomic E-state index is 0.0847. The van der Waals surface area contributed by atoms with E-state index in [1.807, 2.05) is 5.32 Å². The van der Waals surface area contributed by atoms with Gasteiger partial charge in [0.05, 0.1) is 4.92 Å². The molecule has 1 heterocycles. The highest BCUT2D eigenvalue weighted by molar-refractivity contribution is 7.62. The lowest BCUT2D eigenvalue weighted by atomic mass is 10.4. The first kappa shape index (κ1) is 19.9. The first-order valence-corrected chi connectivity index (χ1v) is 7.14. The molecule has 0 radical (unpaired) electrons. The largest absolute Gasteiger partial charge is 0.362 e. The molecule has 0 saturated heterocycles. The fourth-order valence-corrected chi connectivity index (χ4v) is 1.45. The summed E-state index contributed by atoms with van der Waals surface area (Å²) in [7, 11) is -2.93. The lowest BCUT2D eigenvalue weighted by Crippen LogP contribution is -2.11. The van der Waals surface area contributed by atoms with Crippen molar-refractivity contribution < 1.29 is 18.1 Å². The number of hydrogen-bond donors (Lipinski definition) is 1. The van der Waals surface area contributed by atoms with E-state index in [2.05, 4.69) is 20.9 Å². The number of halogens is 2. The number of amides is 2. The molecule has 0 atom stereocenters. The van der Waals surface area contributed by atoms with Gasteiger partial charge in [-0.05, 0) is 6.92 Å². The molecule has 22 heavy (non-hydrogen) atoms. The molecule has 1 aromatic heterocycles. The minimum Gasteiger partial charge on any atom is -0.273 e. The van der Waals surface area contributed by atoms with Crippen molar-refractivity contribution in [1.82, 2.24) is 9.97 Å². The molecule has 1 aromatic rings. The summed E-state index contributed by atoms with van der Waals surface area (Å²) in [4.78, 5) is 27.7. The van der Waals surface area contributed by atoms with Crippen LogP contribution in [0, 0.1) is 17.0 Å². The van der Waals surface area contributed by atoms with E-state index in [1.54, 1.807) is 6.08 Å². The number of nitrogens with one attached hydrogen (secondary N) is 1. The van der Waals surface area contributed by atoms with Crippen molar-refractivity contribution in [3.63, 3.8) is 0 Å². The number of anilines is 1. The van der Waals surface area contributed by atoms with E-state index in [0.29, 0.717) is 5.88 Å². The molecular weight excluding hydrogens is 361 g/mol. The summed E-state index contributed by atoms with van der Waals surface area (Å²) >= 11 is 10.6. The van der Waals surface area contributed by atoms with Gasteiger partial charge < -0.3 is 0 Å². The third-order valence-electron chi connectivity index (χ3n) is 1.68. The number of carbonyl (C=O) groups is 1. The van der Waals surface area contributed by atoms with Gasteiger partial charge in [-0.3, -0.25) is 15.4 Å². The van der Waals surface area contributed by atoms with Gasteiger partial charge in [0.15, 0.2) is 0 Å². The molecule has 0 aliphatic rings. The number of nitrogens with zero attached hydrogens (tertiary/aromatic N) is 4. The van der Waals surface area contributed by atoms with Gasteiger partial charge in [0, 0.05) is 5.88 Å². The highest BCUT2D eigenvalue weighted by Gasteiger charge is 2.21. The molecule has 120 valence electrons. The Morgan fingerprint density at radius 1 is 1.55 bits per heavy atom. The van der Waals surface area contributed by atoms with Crippen LogP contribution in [0.3, 0.4) is 0 Å². The van der Waals surface area contributed by atoms with Crippen molar-refractivity contribution in [1.29, 1.82) is 0 Å². The van der Waals surface area contributed by atoms with E-state index in [4.69, 9.17) is 23.2 Å². The molecule has 0 aromatic carbocycles.